The Hall–Kier alpha value is -3.70. The van der Waals surface area contributed by atoms with E-state index in [0.717, 1.165) is 9.13 Å². The lowest BCUT2D eigenvalue weighted by Gasteiger charge is -2.04. The van der Waals surface area contributed by atoms with Crippen molar-refractivity contribution in [2.24, 2.45) is 42.3 Å². The van der Waals surface area contributed by atoms with Gasteiger partial charge in [-0.25, -0.2) is 19.6 Å². The highest BCUT2D eigenvalue weighted by molar-refractivity contribution is 5.71. The summed E-state index contributed by atoms with van der Waals surface area (Å²) in [5.74, 6) is 1.22. The van der Waals surface area contributed by atoms with Crippen molar-refractivity contribution in [2.75, 3.05) is 0 Å². The van der Waals surface area contributed by atoms with Gasteiger partial charge in [-0.05, 0) is 0 Å². The van der Waals surface area contributed by atoms with Gasteiger partial charge in [0.1, 0.15) is 11.6 Å². The van der Waals surface area contributed by atoms with Crippen LogP contribution in [0.1, 0.15) is 11.6 Å². The summed E-state index contributed by atoms with van der Waals surface area (Å²) in [7, 11) is 9.46. The molecule has 0 fully saturated rings. The summed E-state index contributed by atoms with van der Waals surface area (Å²) < 4.78 is 8.14. The van der Waals surface area contributed by atoms with Gasteiger partial charge in [-0.2, -0.15) is 0 Å². The Morgan fingerprint density at radius 2 is 0.867 bits per heavy atom. The molecule has 12 heteroatoms. The third-order valence-electron chi connectivity index (χ3n) is 5.71. The Bertz CT molecular complexity index is 1470. The van der Waals surface area contributed by atoms with Crippen LogP contribution in [0.25, 0.3) is 22.3 Å². The van der Waals surface area contributed by atoms with E-state index in [1.54, 1.807) is 37.3 Å². The lowest BCUT2D eigenvalue weighted by molar-refractivity contribution is 0.704. The summed E-state index contributed by atoms with van der Waals surface area (Å²) in [5, 5.41) is 0. The molecule has 0 atom stereocenters. The van der Waals surface area contributed by atoms with Gasteiger partial charge < -0.3 is 9.13 Å². The minimum atomic E-state index is -0.440. The van der Waals surface area contributed by atoms with E-state index in [-0.39, 0.29) is 0 Å². The second kappa shape index (κ2) is 6.40. The molecule has 0 aliphatic heterocycles. The van der Waals surface area contributed by atoms with Gasteiger partial charge in [0.15, 0.2) is 22.3 Å². The van der Waals surface area contributed by atoms with E-state index in [1.807, 2.05) is 0 Å². The molecule has 0 aliphatic rings. The predicted octanol–water partition coefficient (Wildman–Crippen LogP) is -1.96. The maximum atomic E-state index is 12.5. The first-order valence-electron chi connectivity index (χ1n) is 9.28. The van der Waals surface area contributed by atoms with E-state index in [9.17, 15) is 19.2 Å². The largest absolute Gasteiger partial charge is 0.332 e. The first-order chi connectivity index (χ1) is 14.1. The first kappa shape index (κ1) is 19.6. The van der Waals surface area contributed by atoms with Crippen molar-refractivity contribution in [3.8, 4) is 0 Å². The third-order valence-corrected chi connectivity index (χ3v) is 5.71. The van der Waals surface area contributed by atoms with Gasteiger partial charge in [0.2, 0.25) is 0 Å². The average molecular weight is 414 g/mol. The van der Waals surface area contributed by atoms with E-state index in [4.69, 9.17) is 0 Å². The van der Waals surface area contributed by atoms with Gasteiger partial charge in [0.25, 0.3) is 11.1 Å². The number of imidazole rings is 2. The van der Waals surface area contributed by atoms with Crippen LogP contribution in [0.2, 0.25) is 0 Å². The van der Waals surface area contributed by atoms with Crippen LogP contribution in [-0.4, -0.2) is 37.4 Å². The molecule has 0 spiro atoms. The summed E-state index contributed by atoms with van der Waals surface area (Å²) in [5.41, 5.74) is -0.366. The molecule has 4 aromatic heterocycles. The van der Waals surface area contributed by atoms with Crippen molar-refractivity contribution in [1.29, 1.82) is 0 Å². The fraction of sp³-hybridized carbons (Fsp3) is 0.444. The van der Waals surface area contributed by atoms with Crippen LogP contribution in [0.3, 0.4) is 0 Å². The van der Waals surface area contributed by atoms with Gasteiger partial charge in [-0.1, -0.05) is 0 Å². The number of rotatable bonds is 3. The molecule has 4 aromatic rings. The Labute approximate surface area is 168 Å². The van der Waals surface area contributed by atoms with Crippen LogP contribution >= 0.6 is 0 Å². The highest BCUT2D eigenvalue weighted by Gasteiger charge is 2.19. The van der Waals surface area contributed by atoms with E-state index < -0.39 is 22.5 Å². The summed E-state index contributed by atoms with van der Waals surface area (Å²) in [4.78, 5) is 58.4. The number of hydrogen-bond acceptors (Lipinski definition) is 6. The molecule has 0 radical (unpaired) electrons. The number of nitrogens with zero attached hydrogens (tertiary/aromatic N) is 8. The zero-order chi connectivity index (χ0) is 22.1. The molecule has 4 rings (SSSR count). The fourth-order valence-corrected chi connectivity index (χ4v) is 3.80. The normalized spacial score (nSPS) is 11.8. The number of aryl methyl sites for hydroxylation is 6. The Morgan fingerprint density at radius 1 is 0.533 bits per heavy atom. The Kier molecular flexibility index (Phi) is 4.19. The maximum Gasteiger partial charge on any atom is 0.332 e. The third kappa shape index (κ3) is 2.46. The second-order valence-electron chi connectivity index (χ2n) is 7.43. The lowest BCUT2D eigenvalue weighted by atomic mass is 10.3. The minimum absolute atomic E-state index is 0.321. The van der Waals surface area contributed by atoms with E-state index in [2.05, 4.69) is 9.97 Å². The smallest absolute Gasteiger partial charge is 0.325 e. The minimum Gasteiger partial charge on any atom is -0.325 e. The van der Waals surface area contributed by atoms with Gasteiger partial charge in [-0.3, -0.25) is 27.9 Å². The van der Waals surface area contributed by atoms with E-state index >= 15 is 0 Å². The molecule has 0 saturated heterocycles. The molecule has 0 N–H and O–H groups in total. The van der Waals surface area contributed by atoms with Crippen LogP contribution < -0.4 is 22.5 Å². The van der Waals surface area contributed by atoms with E-state index in [0.29, 0.717) is 46.8 Å². The average Bonchev–Trinajstić information content (AvgIpc) is 3.23. The molecule has 30 heavy (non-hydrogen) atoms. The zero-order valence-corrected chi connectivity index (χ0v) is 17.6. The van der Waals surface area contributed by atoms with Crippen LogP contribution in [0.4, 0.5) is 0 Å². The van der Waals surface area contributed by atoms with Crippen LogP contribution in [-0.2, 0) is 55.1 Å². The van der Waals surface area contributed by atoms with Crippen molar-refractivity contribution in [3.05, 3.63) is 53.3 Å². The first-order valence-corrected chi connectivity index (χ1v) is 9.28. The quantitative estimate of drug-likeness (QED) is 0.384. The van der Waals surface area contributed by atoms with Crippen molar-refractivity contribution >= 4 is 22.3 Å². The summed E-state index contributed by atoms with van der Waals surface area (Å²) >= 11 is 0. The summed E-state index contributed by atoms with van der Waals surface area (Å²) in [6.07, 6.45) is 0.849. The SMILES string of the molecule is Cn1c(=O)c2c(nc(CCc3nc4c(c(=O)n(C)c(=O)n4C)n3C)n2C)n(C)c1=O. The molecule has 0 saturated carbocycles. The topological polar surface area (TPSA) is 124 Å². The number of fused-ring (bicyclic) bond motifs is 2. The highest BCUT2D eigenvalue weighted by Crippen LogP contribution is 2.14. The van der Waals surface area contributed by atoms with Crippen LogP contribution in [0.15, 0.2) is 19.2 Å². The van der Waals surface area contributed by atoms with Crippen molar-refractivity contribution < 1.29 is 0 Å². The standard InChI is InChI=1S/C18H22N8O4/c1-21-9(19-13-11(21)15(27)25(5)17(29)23(13)3)7-8-10-20-14-12(22(10)2)16(28)26(6)18(30)24(14)4/h7-8H2,1-6H3. The second-order valence-corrected chi connectivity index (χ2v) is 7.43. The molecular formula is C18H22N8O4. The lowest BCUT2D eigenvalue weighted by Crippen LogP contribution is -2.37. The van der Waals surface area contributed by atoms with E-state index in [1.165, 1.54) is 23.2 Å². The van der Waals surface area contributed by atoms with Crippen LogP contribution in [0, 0.1) is 0 Å². The van der Waals surface area contributed by atoms with Gasteiger partial charge >= 0.3 is 11.4 Å². The molecular weight excluding hydrogens is 392 g/mol. The summed E-state index contributed by atoms with van der Waals surface area (Å²) in [6, 6.07) is 0. The zero-order valence-electron chi connectivity index (χ0n) is 17.6. The molecule has 12 nitrogen and oxygen atoms in total. The maximum absolute atomic E-state index is 12.5. The van der Waals surface area contributed by atoms with Crippen molar-refractivity contribution in [1.82, 2.24) is 37.4 Å². The molecule has 158 valence electrons. The molecule has 0 amide bonds. The summed E-state index contributed by atoms with van der Waals surface area (Å²) in [6.45, 7) is 0. The molecule has 4 heterocycles. The molecule has 0 unspecified atom stereocenters. The van der Waals surface area contributed by atoms with Crippen LogP contribution in [0.5, 0.6) is 0 Å². The van der Waals surface area contributed by atoms with Gasteiger partial charge in [-0.15, -0.1) is 0 Å². The van der Waals surface area contributed by atoms with Gasteiger partial charge in [0.05, 0.1) is 0 Å². The number of aromatic nitrogens is 8. The van der Waals surface area contributed by atoms with Crippen molar-refractivity contribution in [3.63, 3.8) is 0 Å². The Morgan fingerprint density at radius 3 is 1.20 bits per heavy atom. The fourth-order valence-electron chi connectivity index (χ4n) is 3.80. The molecule has 0 aliphatic carbocycles. The van der Waals surface area contributed by atoms with Crippen molar-refractivity contribution in [2.45, 2.75) is 12.8 Å². The molecule has 0 aromatic carbocycles. The predicted molar refractivity (Wildman–Crippen MR) is 110 cm³/mol. The highest BCUT2D eigenvalue weighted by atomic mass is 16.2. The monoisotopic (exact) mass is 414 g/mol. The number of hydrogen-bond donors (Lipinski definition) is 0. The Balaban J connectivity index is 1.81. The molecule has 0 bridgehead atoms. The van der Waals surface area contributed by atoms with Gasteiger partial charge in [0, 0.05) is 55.1 Å².